The first kappa shape index (κ1) is 24.1. The quantitative estimate of drug-likeness (QED) is 0.247. The molecule has 1 amide bonds. The smallest absolute Gasteiger partial charge is 0.234 e. The van der Waals surface area contributed by atoms with Gasteiger partial charge in [-0.15, -0.1) is 11.3 Å². The van der Waals surface area contributed by atoms with Gasteiger partial charge >= 0.3 is 0 Å². The van der Waals surface area contributed by atoms with Crippen molar-refractivity contribution < 1.29 is 19.0 Å². The molecule has 3 aromatic rings. The Morgan fingerprint density at radius 2 is 2.12 bits per heavy atom. The molecule has 1 aliphatic rings. The maximum Gasteiger partial charge on any atom is 0.234 e. The number of ether oxygens (including phenoxy) is 3. The fraction of sp³-hybridized carbons (Fsp3) is 0.435. The molecule has 0 bridgehead atoms. The first-order valence-electron chi connectivity index (χ1n) is 10.5. The van der Waals surface area contributed by atoms with E-state index in [0.29, 0.717) is 28.9 Å². The molecule has 0 saturated heterocycles. The third-order valence-electron chi connectivity index (χ3n) is 5.74. The third-order valence-corrected chi connectivity index (χ3v) is 8.36. The summed E-state index contributed by atoms with van der Waals surface area (Å²) < 4.78 is 16.7. The average molecular weight is 506 g/mol. The molecule has 3 heterocycles. The molecule has 176 valence electrons. The molecule has 0 fully saturated rings. The molecular formula is C23H27N3O4S3. The topological polar surface area (TPSA) is 82.6 Å². The Balaban J connectivity index is 1.58. The second-order valence-corrected chi connectivity index (χ2v) is 10.7. The van der Waals surface area contributed by atoms with Gasteiger partial charge in [0.2, 0.25) is 5.91 Å². The van der Waals surface area contributed by atoms with Crippen LogP contribution in [0.2, 0.25) is 0 Å². The van der Waals surface area contributed by atoms with Gasteiger partial charge in [0.15, 0.2) is 5.16 Å². The maximum atomic E-state index is 12.8. The lowest BCUT2D eigenvalue weighted by molar-refractivity contribution is -0.113. The highest BCUT2D eigenvalue weighted by Gasteiger charge is 2.33. The van der Waals surface area contributed by atoms with Crippen molar-refractivity contribution in [2.75, 3.05) is 31.5 Å². The number of hydrogen-bond donors (Lipinski definition) is 1. The number of aromatic nitrogens is 2. The Morgan fingerprint density at radius 3 is 2.82 bits per heavy atom. The number of carbonyl (C=O) groups excluding carboxylic acids is 1. The minimum absolute atomic E-state index is 0.133. The molecule has 0 aliphatic carbocycles. The lowest BCUT2D eigenvalue weighted by atomic mass is 9.90. The first-order valence-corrected chi connectivity index (χ1v) is 13.6. The number of hydrogen-bond acceptors (Lipinski definition) is 9. The number of thioether (sulfide) groups is 2. The normalized spacial score (nSPS) is 17.6. The summed E-state index contributed by atoms with van der Waals surface area (Å²) in [6.07, 6.45) is 3.72. The molecule has 0 saturated carbocycles. The van der Waals surface area contributed by atoms with E-state index >= 15 is 0 Å². The van der Waals surface area contributed by atoms with Gasteiger partial charge in [0.25, 0.3) is 0 Å². The van der Waals surface area contributed by atoms with Crippen molar-refractivity contribution in [2.24, 2.45) is 0 Å². The van der Waals surface area contributed by atoms with Gasteiger partial charge in [-0.2, -0.15) is 0 Å². The lowest BCUT2D eigenvalue weighted by Crippen LogP contribution is -2.33. The number of rotatable bonds is 8. The molecule has 1 aliphatic heterocycles. The van der Waals surface area contributed by atoms with E-state index in [0.717, 1.165) is 28.1 Å². The number of nitrogens with zero attached hydrogens (tertiary/aromatic N) is 2. The largest absolute Gasteiger partial charge is 0.497 e. The monoisotopic (exact) mass is 505 g/mol. The molecular weight excluding hydrogens is 478 g/mol. The zero-order chi connectivity index (χ0) is 23.6. The summed E-state index contributed by atoms with van der Waals surface area (Å²) in [7, 11) is 3.15. The van der Waals surface area contributed by atoms with E-state index in [1.165, 1.54) is 34.0 Å². The Kier molecular flexibility index (Phi) is 7.37. The SMILES string of the molecule is CC[C@]1(C)Cc2c(sc3nc(SC)nc(SCC(=O)Nc4ccc(OC)cc4OC)c23)CO1. The van der Waals surface area contributed by atoms with Crippen LogP contribution in [-0.2, 0) is 22.6 Å². The van der Waals surface area contributed by atoms with Crippen molar-refractivity contribution in [1.82, 2.24) is 9.97 Å². The van der Waals surface area contributed by atoms with E-state index in [1.807, 2.05) is 6.26 Å². The van der Waals surface area contributed by atoms with Crippen LogP contribution in [0.1, 0.15) is 30.7 Å². The lowest BCUT2D eigenvalue weighted by Gasteiger charge is -2.33. The fourth-order valence-electron chi connectivity index (χ4n) is 3.66. The molecule has 4 rings (SSSR count). The standard InChI is InChI=1S/C23H27N3O4S3/c1-6-23(2)10-14-17(11-30-23)33-21-19(14)20(25-22(26-21)31-5)32-12-18(27)24-15-8-7-13(28-3)9-16(15)29-4/h7-9H,6,10-12H2,1-5H3,(H,24,27)/t23-/m1/s1. The molecule has 0 unspecified atom stereocenters. The van der Waals surface area contributed by atoms with Gasteiger partial charge in [0.1, 0.15) is 21.4 Å². The van der Waals surface area contributed by atoms with Crippen molar-refractivity contribution in [2.45, 2.75) is 49.1 Å². The van der Waals surface area contributed by atoms with Crippen LogP contribution >= 0.6 is 34.9 Å². The molecule has 0 radical (unpaired) electrons. The van der Waals surface area contributed by atoms with E-state index in [9.17, 15) is 4.79 Å². The zero-order valence-electron chi connectivity index (χ0n) is 19.3. The minimum atomic E-state index is -0.191. The molecule has 1 aromatic carbocycles. The van der Waals surface area contributed by atoms with Gasteiger partial charge in [-0.25, -0.2) is 9.97 Å². The minimum Gasteiger partial charge on any atom is -0.497 e. The summed E-state index contributed by atoms with van der Waals surface area (Å²) in [5.41, 5.74) is 1.67. The number of benzene rings is 1. The summed E-state index contributed by atoms with van der Waals surface area (Å²) in [5, 5.41) is 5.55. The van der Waals surface area contributed by atoms with Crippen LogP contribution in [0.15, 0.2) is 28.4 Å². The Hall–Kier alpha value is -2.01. The Bertz CT molecular complexity index is 1180. The van der Waals surface area contributed by atoms with Gasteiger partial charge in [-0.3, -0.25) is 4.79 Å². The van der Waals surface area contributed by atoms with Gasteiger partial charge < -0.3 is 19.5 Å². The van der Waals surface area contributed by atoms with Crippen LogP contribution in [-0.4, -0.2) is 47.7 Å². The Morgan fingerprint density at radius 1 is 1.30 bits per heavy atom. The van der Waals surface area contributed by atoms with Gasteiger partial charge in [-0.1, -0.05) is 30.4 Å². The Labute approximate surface area is 206 Å². The van der Waals surface area contributed by atoms with Crippen LogP contribution < -0.4 is 14.8 Å². The number of nitrogens with one attached hydrogen (secondary N) is 1. The molecule has 1 atom stereocenters. The second kappa shape index (κ2) is 10.1. The predicted molar refractivity (Wildman–Crippen MR) is 135 cm³/mol. The average Bonchev–Trinajstić information content (AvgIpc) is 3.20. The van der Waals surface area contributed by atoms with E-state index in [-0.39, 0.29) is 17.3 Å². The van der Waals surface area contributed by atoms with Crippen LogP contribution in [0.25, 0.3) is 10.2 Å². The van der Waals surface area contributed by atoms with E-state index in [4.69, 9.17) is 24.2 Å². The van der Waals surface area contributed by atoms with Crippen molar-refractivity contribution >= 4 is 56.7 Å². The van der Waals surface area contributed by atoms with Gasteiger partial charge in [-0.05, 0) is 37.3 Å². The highest BCUT2D eigenvalue weighted by atomic mass is 32.2. The summed E-state index contributed by atoms with van der Waals surface area (Å²) in [4.78, 5) is 24.5. The highest BCUT2D eigenvalue weighted by molar-refractivity contribution is 8.00. The van der Waals surface area contributed by atoms with Crippen molar-refractivity contribution in [1.29, 1.82) is 0 Å². The highest BCUT2D eigenvalue weighted by Crippen LogP contribution is 2.43. The third kappa shape index (κ3) is 5.08. The van der Waals surface area contributed by atoms with Crippen molar-refractivity contribution in [3.05, 3.63) is 28.6 Å². The van der Waals surface area contributed by atoms with E-state index in [1.54, 1.807) is 43.8 Å². The van der Waals surface area contributed by atoms with Crippen molar-refractivity contribution in [3.8, 4) is 11.5 Å². The summed E-state index contributed by atoms with van der Waals surface area (Å²) in [5.74, 6) is 1.30. The van der Waals surface area contributed by atoms with Crippen LogP contribution in [0.5, 0.6) is 11.5 Å². The molecule has 10 heteroatoms. The predicted octanol–water partition coefficient (Wildman–Crippen LogP) is 5.40. The fourth-order valence-corrected chi connectivity index (χ4v) is 6.17. The van der Waals surface area contributed by atoms with Crippen LogP contribution in [0, 0.1) is 0 Å². The molecule has 0 spiro atoms. The molecule has 1 N–H and O–H groups in total. The van der Waals surface area contributed by atoms with Gasteiger partial charge in [0, 0.05) is 22.8 Å². The van der Waals surface area contributed by atoms with Crippen molar-refractivity contribution in [3.63, 3.8) is 0 Å². The number of thiophene rings is 1. The molecule has 33 heavy (non-hydrogen) atoms. The van der Waals surface area contributed by atoms with Crippen LogP contribution in [0.4, 0.5) is 5.69 Å². The molecule has 7 nitrogen and oxygen atoms in total. The number of fused-ring (bicyclic) bond motifs is 3. The number of amides is 1. The zero-order valence-corrected chi connectivity index (χ0v) is 21.8. The van der Waals surface area contributed by atoms with Crippen LogP contribution in [0.3, 0.4) is 0 Å². The van der Waals surface area contributed by atoms with E-state index < -0.39 is 0 Å². The maximum absolute atomic E-state index is 12.8. The second-order valence-electron chi connectivity index (χ2n) is 7.87. The molecule has 2 aromatic heterocycles. The number of carbonyl (C=O) groups is 1. The first-order chi connectivity index (χ1) is 15.9. The summed E-state index contributed by atoms with van der Waals surface area (Å²) in [6.45, 7) is 4.89. The number of methoxy groups -OCH3 is 2. The number of anilines is 1. The summed E-state index contributed by atoms with van der Waals surface area (Å²) >= 11 is 4.61. The van der Waals surface area contributed by atoms with E-state index in [2.05, 4.69) is 19.2 Å². The van der Waals surface area contributed by atoms with Gasteiger partial charge in [0.05, 0.1) is 37.9 Å². The summed E-state index contributed by atoms with van der Waals surface area (Å²) in [6, 6.07) is 5.30.